The Bertz CT molecular complexity index is 3340. The van der Waals surface area contributed by atoms with E-state index in [-0.39, 0.29) is 35.9 Å². The van der Waals surface area contributed by atoms with Crippen molar-refractivity contribution in [3.63, 3.8) is 0 Å². The van der Waals surface area contributed by atoms with Gasteiger partial charge in [-0.1, -0.05) is 87.8 Å². The second kappa shape index (κ2) is 32.7. The van der Waals surface area contributed by atoms with Crippen LogP contribution in [0.25, 0.3) is 44.1 Å². The van der Waals surface area contributed by atoms with Crippen LogP contribution >= 0.6 is 0 Å². The third kappa shape index (κ3) is 24.5. The summed E-state index contributed by atoms with van der Waals surface area (Å²) >= 11 is 0. The number of aromatic nitrogens is 4. The predicted octanol–water partition coefficient (Wildman–Crippen LogP) is 13.4. The standard InChI is InChI=1S/C36H54F3N3O5Si2.C24H26F3N3O3.C2HF3O2/c1-48(2,3)19-17-45-26-42-25-40-34-32(35(42)43)21-30(22-33(34)47-27-46-18-20-49(4,5)6)31-10-8-7-9-29(31)23-44-16-13-28-11-14-41(15-12-28)24-36(37,38)39;25-24(26,27)14-30-8-5-16(6-9-30)7-10-33-13-17-3-1-2-4-19(17)18-11-20-22(21(31)12-18)28-15-29-23(20)32;3-2(4,5)1(6)7/h7-10,21-22,25,28H,11-20,23-24,26-27H2,1-6H3;1-4,11-12,15-16,31H,5-10,13-14H2,(H,28,29,32);(H,6,7). The number of aromatic hydroxyl groups is 1. The maximum absolute atomic E-state index is 13.8. The second-order valence-corrected chi connectivity index (χ2v) is 36.1. The van der Waals surface area contributed by atoms with E-state index >= 15 is 0 Å². The zero-order valence-electron chi connectivity index (χ0n) is 51.1. The van der Waals surface area contributed by atoms with Gasteiger partial charge >= 0.3 is 24.5 Å². The van der Waals surface area contributed by atoms with Crippen molar-refractivity contribution < 1.29 is 78.2 Å². The number of ether oxygens (including phenoxy) is 5. The van der Waals surface area contributed by atoms with Crippen LogP contribution in [0, 0.1) is 11.8 Å². The summed E-state index contributed by atoms with van der Waals surface area (Å²) < 4.78 is 139. The van der Waals surface area contributed by atoms with Crippen molar-refractivity contribution in [2.45, 2.75) is 128 Å². The third-order valence-corrected chi connectivity index (χ3v) is 18.5. The van der Waals surface area contributed by atoms with Crippen molar-refractivity contribution in [1.82, 2.24) is 29.3 Å². The molecule has 0 spiro atoms. The van der Waals surface area contributed by atoms with Crippen molar-refractivity contribution in [2.24, 2.45) is 11.8 Å². The molecule has 0 atom stereocenters. The molecule has 27 heteroatoms. The lowest BCUT2D eigenvalue weighted by molar-refractivity contribution is -0.192. The molecule has 6 aromatic rings. The van der Waals surface area contributed by atoms with Gasteiger partial charge in [0, 0.05) is 42.6 Å². The van der Waals surface area contributed by atoms with Crippen LogP contribution in [0.4, 0.5) is 39.5 Å². The molecule has 0 saturated carbocycles. The quantitative estimate of drug-likeness (QED) is 0.0212. The summed E-state index contributed by atoms with van der Waals surface area (Å²) in [5.41, 5.74) is 5.30. The zero-order chi connectivity index (χ0) is 65.2. The SMILES string of the molecule is C[Si](C)(C)CCOCOc1cc(-c2ccccc2COCCC2CCN(CC(F)(F)F)CC2)cc2c(=O)n(COCC[Si](C)(C)C)cnc12.O=C(O)C(F)(F)F.O=c1[nH]cnc2c(O)cc(-c3ccccc3COCCC3CCN(CC(F)(F)F)CC3)cc12. The lowest BCUT2D eigenvalue weighted by Gasteiger charge is -2.32. The molecular formula is C62H81F9N6O10Si2. The first-order valence-electron chi connectivity index (χ1n) is 29.5. The highest BCUT2D eigenvalue weighted by Crippen LogP contribution is 2.35. The number of likely N-dealkylation sites (tertiary alicyclic amines) is 2. The lowest BCUT2D eigenvalue weighted by Crippen LogP contribution is -2.40. The first kappa shape index (κ1) is 71.9. The number of hydrogen-bond acceptors (Lipinski definition) is 13. The van der Waals surface area contributed by atoms with Gasteiger partial charge < -0.3 is 38.9 Å². The molecule has 0 unspecified atom stereocenters. The Kier molecular flexibility index (Phi) is 26.4. The first-order valence-corrected chi connectivity index (χ1v) is 37.0. The van der Waals surface area contributed by atoms with Gasteiger partial charge in [-0.3, -0.25) is 24.0 Å². The summed E-state index contributed by atoms with van der Waals surface area (Å²) in [5, 5.41) is 18.2. The molecule has 2 fully saturated rings. The monoisotopic (exact) mass is 1300 g/mol. The topological polar surface area (TPSA) is 191 Å². The summed E-state index contributed by atoms with van der Waals surface area (Å²) in [6.07, 6.45) is -6.03. The van der Waals surface area contributed by atoms with Crippen LogP contribution in [0.1, 0.15) is 49.7 Å². The largest absolute Gasteiger partial charge is 0.506 e. The minimum atomic E-state index is -5.08. The number of nitrogens with one attached hydrogen (secondary N) is 1. The fourth-order valence-electron chi connectivity index (χ4n) is 10.1. The van der Waals surface area contributed by atoms with Crippen molar-refractivity contribution in [3.8, 4) is 33.8 Å². The van der Waals surface area contributed by atoms with E-state index in [0.29, 0.717) is 105 Å². The number of carboxylic acid groups (broad SMARTS) is 1. The van der Waals surface area contributed by atoms with E-state index in [0.717, 1.165) is 78.4 Å². The van der Waals surface area contributed by atoms with Gasteiger partial charge in [-0.15, -0.1) is 0 Å². The highest BCUT2D eigenvalue weighted by molar-refractivity contribution is 6.76. The highest BCUT2D eigenvalue weighted by atomic mass is 28.3. The predicted molar refractivity (Wildman–Crippen MR) is 327 cm³/mol. The van der Waals surface area contributed by atoms with Crippen LogP contribution in [0.3, 0.4) is 0 Å². The van der Waals surface area contributed by atoms with Crippen LogP contribution < -0.4 is 15.9 Å². The highest BCUT2D eigenvalue weighted by Gasteiger charge is 2.38. The molecule has 4 heterocycles. The number of benzene rings is 4. The fourth-order valence-corrected chi connectivity index (χ4v) is 11.6. The summed E-state index contributed by atoms with van der Waals surface area (Å²) in [5.74, 6) is -1.64. The Morgan fingerprint density at radius 2 is 1.10 bits per heavy atom. The van der Waals surface area contributed by atoms with E-state index in [1.165, 1.54) is 27.0 Å². The summed E-state index contributed by atoms with van der Waals surface area (Å²) in [4.78, 5) is 49.0. The molecule has 0 bridgehead atoms. The summed E-state index contributed by atoms with van der Waals surface area (Å²) in [6, 6.07) is 24.6. The Morgan fingerprint density at radius 1 is 0.629 bits per heavy atom. The third-order valence-electron chi connectivity index (χ3n) is 15.1. The van der Waals surface area contributed by atoms with Gasteiger partial charge in [0.2, 0.25) is 0 Å². The normalized spacial score (nSPS) is 15.2. The van der Waals surface area contributed by atoms with Crippen molar-refractivity contribution in [3.05, 3.63) is 117 Å². The number of H-pyrrole nitrogens is 1. The number of aliphatic carboxylic acids is 1. The molecule has 3 N–H and O–H groups in total. The Morgan fingerprint density at radius 3 is 1.58 bits per heavy atom. The summed E-state index contributed by atoms with van der Waals surface area (Å²) in [7, 11) is -2.53. The number of aromatic amines is 1. The van der Waals surface area contributed by atoms with Gasteiger partial charge in [0.25, 0.3) is 11.1 Å². The van der Waals surface area contributed by atoms with Crippen LogP contribution in [-0.4, -0.2) is 153 Å². The average Bonchev–Trinajstić information content (AvgIpc) is 1.34. The first-order chi connectivity index (χ1) is 41.8. The molecule has 89 heavy (non-hydrogen) atoms. The minimum absolute atomic E-state index is 0.0491. The average molecular weight is 1300 g/mol. The molecule has 2 aliphatic rings. The number of phenolic OH excluding ortho intramolecular Hbond substituents is 1. The van der Waals surface area contributed by atoms with E-state index in [4.69, 9.17) is 33.6 Å². The number of carboxylic acids is 1. The summed E-state index contributed by atoms with van der Waals surface area (Å²) in [6.45, 7) is 17.1. The number of phenols is 1. The molecule has 490 valence electrons. The maximum atomic E-state index is 13.8. The minimum Gasteiger partial charge on any atom is -0.506 e. The number of nitrogens with zero attached hydrogens (tertiary/aromatic N) is 5. The van der Waals surface area contributed by atoms with Crippen molar-refractivity contribution in [1.29, 1.82) is 0 Å². The molecule has 0 aliphatic carbocycles. The molecule has 16 nitrogen and oxygen atoms in total. The van der Waals surface area contributed by atoms with E-state index < -0.39 is 53.7 Å². The van der Waals surface area contributed by atoms with Gasteiger partial charge in [-0.05, 0) is 146 Å². The zero-order valence-corrected chi connectivity index (χ0v) is 53.1. The van der Waals surface area contributed by atoms with Gasteiger partial charge in [-0.25, -0.2) is 14.8 Å². The smallest absolute Gasteiger partial charge is 0.490 e. The van der Waals surface area contributed by atoms with E-state index in [2.05, 4.69) is 54.2 Å². The Hall–Kier alpha value is -6.21. The number of carbonyl (C=O) groups is 1. The van der Waals surface area contributed by atoms with Crippen molar-refractivity contribution >= 4 is 43.9 Å². The van der Waals surface area contributed by atoms with E-state index in [9.17, 15) is 54.2 Å². The number of piperidine rings is 2. The Balaban J connectivity index is 0.000000271. The Labute approximate surface area is 513 Å². The molecule has 0 amide bonds. The molecule has 8 rings (SSSR count). The molecule has 4 aromatic carbocycles. The van der Waals surface area contributed by atoms with Crippen LogP contribution in [0.2, 0.25) is 51.4 Å². The second-order valence-electron chi connectivity index (χ2n) is 24.8. The molecule has 2 aromatic heterocycles. The molecular weight excluding hydrogens is 1220 g/mol. The fraction of sp³-hybridized carbons (Fsp3) is 0.532. The molecule has 2 saturated heterocycles. The van der Waals surface area contributed by atoms with Crippen LogP contribution in [0.15, 0.2) is 95.0 Å². The van der Waals surface area contributed by atoms with Gasteiger partial charge in [0.1, 0.15) is 35.6 Å². The molecule has 0 radical (unpaired) electrons. The molecule has 2 aliphatic heterocycles. The maximum Gasteiger partial charge on any atom is 0.490 e. The van der Waals surface area contributed by atoms with Crippen LogP contribution in [-0.2, 0) is 43.7 Å². The van der Waals surface area contributed by atoms with E-state index in [1.54, 1.807) is 12.1 Å². The number of fused-ring (bicyclic) bond motifs is 2. The van der Waals surface area contributed by atoms with E-state index in [1.807, 2.05) is 60.7 Å². The number of rotatable bonds is 25. The van der Waals surface area contributed by atoms with Crippen LogP contribution in [0.5, 0.6) is 11.5 Å². The van der Waals surface area contributed by atoms with Gasteiger partial charge in [-0.2, -0.15) is 39.5 Å². The lowest BCUT2D eigenvalue weighted by atomic mass is 9.94. The number of hydrogen-bond donors (Lipinski definition) is 3. The van der Waals surface area contributed by atoms with Gasteiger partial charge in [0.15, 0.2) is 6.79 Å². The number of alkyl halides is 9. The van der Waals surface area contributed by atoms with Crippen molar-refractivity contribution in [2.75, 3.05) is 72.5 Å². The number of halogens is 9. The van der Waals surface area contributed by atoms with Gasteiger partial charge in [0.05, 0.1) is 43.4 Å².